The number of hydrogen-bond acceptors (Lipinski definition) is 4. The van der Waals surface area contributed by atoms with Gasteiger partial charge in [0.05, 0.1) is 5.69 Å². The van der Waals surface area contributed by atoms with Crippen LogP contribution in [0.5, 0.6) is 0 Å². The van der Waals surface area contributed by atoms with Crippen molar-refractivity contribution < 1.29 is 14.4 Å². The molecule has 0 aromatic carbocycles. The Bertz CT molecular complexity index is 771. The molecule has 8 heteroatoms. The molecule has 1 saturated heterocycles. The molecule has 1 aliphatic rings. The molecule has 0 bridgehead atoms. The summed E-state index contributed by atoms with van der Waals surface area (Å²) in [5, 5.41) is 4.13. The van der Waals surface area contributed by atoms with E-state index in [1.54, 1.807) is 28.8 Å². The molecule has 0 radical (unpaired) electrons. The van der Waals surface area contributed by atoms with Gasteiger partial charge in [-0.2, -0.15) is 0 Å². The van der Waals surface area contributed by atoms with Crippen LogP contribution >= 0.6 is 11.6 Å². The predicted molar refractivity (Wildman–Crippen MR) is 69.9 cm³/mol. The number of imidazole rings is 1. The van der Waals surface area contributed by atoms with E-state index in [1.807, 2.05) is 10.6 Å². The third-order valence-electron chi connectivity index (χ3n) is 2.75. The fourth-order valence-corrected chi connectivity index (χ4v) is 2.09. The molecule has 2 N–H and O–H groups in total. The number of nitrogens with one attached hydrogen (secondary N) is 2. The van der Waals surface area contributed by atoms with Crippen molar-refractivity contribution in [2.45, 2.75) is 0 Å². The lowest BCUT2D eigenvalue weighted by atomic mass is 10.1. The van der Waals surface area contributed by atoms with Gasteiger partial charge in [-0.15, -0.1) is 0 Å². The average molecular weight is 291 g/mol. The number of barbiturate groups is 1. The smallest absolute Gasteiger partial charge is 0.299 e. The summed E-state index contributed by atoms with van der Waals surface area (Å²) in [7, 11) is 0. The van der Waals surface area contributed by atoms with Crippen LogP contribution in [0.4, 0.5) is 4.79 Å². The fourth-order valence-electron chi connectivity index (χ4n) is 1.86. The Morgan fingerprint density at radius 3 is 2.55 bits per heavy atom. The molecule has 0 aliphatic carbocycles. The first-order valence-electron chi connectivity index (χ1n) is 5.57. The van der Waals surface area contributed by atoms with Crippen LogP contribution in [0.2, 0.25) is 5.15 Å². The van der Waals surface area contributed by atoms with E-state index in [0.29, 0.717) is 11.3 Å². The Kier molecular flexibility index (Phi) is 2.76. The predicted octanol–water partition coefficient (Wildman–Crippen LogP) is 0.737. The molecule has 20 heavy (non-hydrogen) atoms. The van der Waals surface area contributed by atoms with E-state index in [4.69, 9.17) is 11.6 Å². The van der Waals surface area contributed by atoms with Crippen molar-refractivity contribution in [1.29, 1.82) is 0 Å². The van der Waals surface area contributed by atoms with E-state index in [1.165, 1.54) is 6.08 Å². The molecule has 7 nitrogen and oxygen atoms in total. The zero-order valence-corrected chi connectivity index (χ0v) is 10.6. The molecular weight excluding hydrogens is 284 g/mol. The molecule has 1 fully saturated rings. The Morgan fingerprint density at radius 1 is 1.15 bits per heavy atom. The number of pyridine rings is 1. The van der Waals surface area contributed by atoms with E-state index < -0.39 is 17.8 Å². The van der Waals surface area contributed by atoms with E-state index >= 15 is 0 Å². The normalized spacial score (nSPS) is 15.2. The summed E-state index contributed by atoms with van der Waals surface area (Å²) in [6, 6.07) is 4.44. The number of rotatable bonds is 1. The number of urea groups is 1. The van der Waals surface area contributed by atoms with E-state index in [2.05, 4.69) is 4.98 Å². The second-order valence-corrected chi connectivity index (χ2v) is 4.37. The van der Waals surface area contributed by atoms with Crippen molar-refractivity contribution in [3.8, 4) is 0 Å². The lowest BCUT2D eigenvalue weighted by Crippen LogP contribution is -2.51. The summed E-state index contributed by atoms with van der Waals surface area (Å²) in [6.07, 6.45) is 2.99. The zero-order chi connectivity index (χ0) is 14.3. The molecule has 3 rings (SSSR count). The number of amides is 4. The van der Waals surface area contributed by atoms with Crippen LogP contribution < -0.4 is 10.6 Å². The SMILES string of the molecule is O=C1NC(=O)C(=Cc2c(Cl)nc3ccccn23)C(=O)N1. The zero-order valence-electron chi connectivity index (χ0n) is 9.88. The second-order valence-electron chi connectivity index (χ2n) is 4.01. The number of fused-ring (bicyclic) bond motifs is 1. The van der Waals surface area contributed by atoms with Gasteiger partial charge in [-0.1, -0.05) is 17.7 Å². The molecular formula is C12H7ClN4O3. The third kappa shape index (κ3) is 1.94. The van der Waals surface area contributed by atoms with Crippen LogP contribution in [0.15, 0.2) is 30.0 Å². The molecule has 0 unspecified atom stereocenters. The van der Waals surface area contributed by atoms with Gasteiger partial charge in [0, 0.05) is 6.20 Å². The van der Waals surface area contributed by atoms with E-state index in [-0.39, 0.29) is 10.7 Å². The Labute approximate surface area is 117 Å². The van der Waals surface area contributed by atoms with Crippen molar-refractivity contribution in [2.75, 3.05) is 0 Å². The molecule has 0 atom stereocenters. The number of hydrogen-bond donors (Lipinski definition) is 2. The quantitative estimate of drug-likeness (QED) is 0.598. The highest BCUT2D eigenvalue weighted by atomic mass is 35.5. The number of halogens is 1. The maximum absolute atomic E-state index is 11.7. The van der Waals surface area contributed by atoms with Crippen molar-refractivity contribution >= 4 is 41.2 Å². The van der Waals surface area contributed by atoms with Gasteiger partial charge in [0.25, 0.3) is 11.8 Å². The maximum Gasteiger partial charge on any atom is 0.328 e. The van der Waals surface area contributed by atoms with Crippen LogP contribution in [0.3, 0.4) is 0 Å². The molecule has 2 aromatic heterocycles. The van der Waals surface area contributed by atoms with Gasteiger partial charge in [0.2, 0.25) is 0 Å². The minimum atomic E-state index is -0.846. The van der Waals surface area contributed by atoms with E-state index in [0.717, 1.165) is 0 Å². The lowest BCUT2D eigenvalue weighted by molar-refractivity contribution is -0.123. The highest BCUT2D eigenvalue weighted by molar-refractivity contribution is 6.33. The van der Waals surface area contributed by atoms with Crippen molar-refractivity contribution in [2.24, 2.45) is 0 Å². The third-order valence-corrected chi connectivity index (χ3v) is 3.02. The maximum atomic E-state index is 11.7. The average Bonchev–Trinajstić information content (AvgIpc) is 2.69. The second kappa shape index (κ2) is 4.46. The van der Waals surface area contributed by atoms with Gasteiger partial charge < -0.3 is 0 Å². The highest BCUT2D eigenvalue weighted by Gasteiger charge is 2.28. The highest BCUT2D eigenvalue weighted by Crippen LogP contribution is 2.21. The van der Waals surface area contributed by atoms with Crippen LogP contribution in [0, 0.1) is 0 Å². The number of carbonyl (C=O) groups excluding carboxylic acids is 3. The Balaban J connectivity index is 2.14. The molecule has 0 spiro atoms. The van der Waals surface area contributed by atoms with Gasteiger partial charge in [0.1, 0.15) is 11.2 Å². The number of nitrogens with zero attached hydrogens (tertiary/aromatic N) is 2. The number of aromatic nitrogens is 2. The van der Waals surface area contributed by atoms with Crippen LogP contribution in [0.1, 0.15) is 5.69 Å². The van der Waals surface area contributed by atoms with Gasteiger partial charge in [-0.05, 0) is 18.2 Å². The summed E-state index contributed by atoms with van der Waals surface area (Å²) in [4.78, 5) is 38.4. The summed E-state index contributed by atoms with van der Waals surface area (Å²) in [5.41, 5.74) is 0.756. The number of imide groups is 2. The molecule has 2 aromatic rings. The van der Waals surface area contributed by atoms with Gasteiger partial charge >= 0.3 is 6.03 Å². The topological polar surface area (TPSA) is 92.6 Å². The van der Waals surface area contributed by atoms with E-state index in [9.17, 15) is 14.4 Å². The Morgan fingerprint density at radius 2 is 1.85 bits per heavy atom. The molecule has 100 valence electrons. The molecule has 3 heterocycles. The first-order chi connectivity index (χ1) is 9.56. The summed E-state index contributed by atoms with van der Waals surface area (Å²) in [6.45, 7) is 0. The minimum Gasteiger partial charge on any atom is -0.299 e. The minimum absolute atomic E-state index is 0.154. The van der Waals surface area contributed by atoms with Crippen molar-refractivity contribution in [3.05, 3.63) is 40.8 Å². The van der Waals surface area contributed by atoms with Crippen molar-refractivity contribution in [1.82, 2.24) is 20.0 Å². The van der Waals surface area contributed by atoms with Crippen molar-refractivity contribution in [3.63, 3.8) is 0 Å². The summed E-state index contributed by atoms with van der Waals surface area (Å²) >= 11 is 6.00. The fraction of sp³-hybridized carbons (Fsp3) is 0. The first kappa shape index (κ1) is 12.4. The van der Waals surface area contributed by atoms with Crippen LogP contribution in [0.25, 0.3) is 11.7 Å². The first-order valence-corrected chi connectivity index (χ1v) is 5.95. The van der Waals surface area contributed by atoms with Crippen LogP contribution in [-0.4, -0.2) is 27.2 Å². The lowest BCUT2D eigenvalue weighted by Gasteiger charge is -2.13. The van der Waals surface area contributed by atoms with Gasteiger partial charge in [-0.25, -0.2) is 9.78 Å². The monoisotopic (exact) mass is 290 g/mol. The summed E-state index contributed by atoms with van der Waals surface area (Å²) < 4.78 is 1.63. The summed E-state index contributed by atoms with van der Waals surface area (Å²) in [5.74, 6) is -1.55. The van der Waals surface area contributed by atoms with Crippen LogP contribution in [-0.2, 0) is 9.59 Å². The Hall–Kier alpha value is -2.67. The molecule has 0 saturated carbocycles. The molecule has 1 aliphatic heterocycles. The van der Waals surface area contributed by atoms with Gasteiger partial charge in [-0.3, -0.25) is 24.6 Å². The number of carbonyl (C=O) groups is 3. The molecule has 4 amide bonds. The largest absolute Gasteiger partial charge is 0.328 e. The van der Waals surface area contributed by atoms with Gasteiger partial charge in [0.15, 0.2) is 5.15 Å². The standard InChI is InChI=1S/C12H7ClN4O3/c13-9-7(17-4-2-1-3-8(17)14-9)5-6-10(18)15-12(20)16-11(6)19/h1-5H,(H2,15,16,18,19,20).